The van der Waals surface area contributed by atoms with Crippen molar-refractivity contribution in [3.63, 3.8) is 0 Å². The van der Waals surface area contributed by atoms with Crippen LogP contribution < -0.4 is 5.32 Å². The van der Waals surface area contributed by atoms with Crippen molar-refractivity contribution < 1.29 is 0 Å². The van der Waals surface area contributed by atoms with Gasteiger partial charge in [-0.2, -0.15) is 11.8 Å². The van der Waals surface area contributed by atoms with Crippen molar-refractivity contribution in [3.05, 3.63) is 0 Å². The van der Waals surface area contributed by atoms with Crippen LogP contribution in [0.1, 0.15) is 33.1 Å². The van der Waals surface area contributed by atoms with Crippen molar-refractivity contribution in [2.24, 2.45) is 0 Å². The van der Waals surface area contributed by atoms with Gasteiger partial charge in [-0.1, -0.05) is 6.42 Å². The number of hydrogen-bond acceptors (Lipinski definition) is 3. The summed E-state index contributed by atoms with van der Waals surface area (Å²) >= 11 is 1.96. The lowest BCUT2D eigenvalue weighted by molar-refractivity contribution is 0.144. The van der Waals surface area contributed by atoms with Crippen LogP contribution in [0.15, 0.2) is 0 Å². The predicted molar refractivity (Wildman–Crippen MR) is 70.7 cm³/mol. The van der Waals surface area contributed by atoms with E-state index in [0.29, 0.717) is 6.04 Å². The van der Waals surface area contributed by atoms with Gasteiger partial charge in [-0.25, -0.2) is 0 Å². The van der Waals surface area contributed by atoms with Crippen LogP contribution in [-0.2, 0) is 0 Å². The highest BCUT2D eigenvalue weighted by Crippen LogP contribution is 2.09. The number of rotatable bonds is 6. The van der Waals surface area contributed by atoms with Crippen molar-refractivity contribution in [2.75, 3.05) is 31.6 Å². The summed E-state index contributed by atoms with van der Waals surface area (Å²) in [5, 5.41) is 3.53. The average Bonchev–Trinajstić information content (AvgIpc) is 2.23. The van der Waals surface area contributed by atoms with Gasteiger partial charge in [0, 0.05) is 25.2 Å². The molecule has 0 aromatic carbocycles. The number of unbranched alkanes of at least 4 members (excludes halogenated alkanes) is 2. The maximum Gasteiger partial charge on any atom is 0.0193 e. The van der Waals surface area contributed by atoms with Crippen molar-refractivity contribution >= 4 is 11.8 Å². The first-order chi connectivity index (χ1) is 7.24. The van der Waals surface area contributed by atoms with Crippen molar-refractivity contribution in [1.82, 2.24) is 10.2 Å². The summed E-state index contributed by atoms with van der Waals surface area (Å²) < 4.78 is 0. The molecule has 0 aromatic rings. The van der Waals surface area contributed by atoms with Gasteiger partial charge in [0.1, 0.15) is 0 Å². The highest BCUT2D eigenvalue weighted by Gasteiger charge is 2.21. The van der Waals surface area contributed by atoms with Crippen LogP contribution in [-0.4, -0.2) is 48.6 Å². The van der Waals surface area contributed by atoms with Gasteiger partial charge in [0.05, 0.1) is 0 Å². The van der Waals surface area contributed by atoms with Crippen LogP contribution in [0.3, 0.4) is 0 Å². The molecule has 1 rings (SSSR count). The zero-order valence-corrected chi connectivity index (χ0v) is 11.3. The lowest BCUT2D eigenvalue weighted by Gasteiger charge is -2.37. The Labute approximate surface area is 99.2 Å². The highest BCUT2D eigenvalue weighted by molar-refractivity contribution is 7.98. The third kappa shape index (κ3) is 5.23. The quantitative estimate of drug-likeness (QED) is 0.704. The maximum atomic E-state index is 3.53. The molecule has 2 nitrogen and oxygen atoms in total. The first-order valence-corrected chi connectivity index (χ1v) is 7.59. The van der Waals surface area contributed by atoms with Gasteiger partial charge >= 0.3 is 0 Å². The molecule has 0 radical (unpaired) electrons. The summed E-state index contributed by atoms with van der Waals surface area (Å²) in [6.07, 6.45) is 6.35. The van der Waals surface area contributed by atoms with Crippen LogP contribution in [0.4, 0.5) is 0 Å². The highest BCUT2D eigenvalue weighted by atomic mass is 32.2. The molecule has 0 aliphatic carbocycles. The molecular weight excluding hydrogens is 204 g/mol. The normalized spacial score (nSPS) is 28.2. The largest absolute Gasteiger partial charge is 0.311 e. The first-order valence-electron chi connectivity index (χ1n) is 6.20. The first kappa shape index (κ1) is 13.3. The molecule has 0 saturated carbocycles. The summed E-state index contributed by atoms with van der Waals surface area (Å²) in [4.78, 5) is 2.64. The van der Waals surface area contributed by atoms with Gasteiger partial charge in [0.2, 0.25) is 0 Å². The SMILES string of the molecule is CSCCCCCN1CC(C)NCC1C. The summed E-state index contributed by atoms with van der Waals surface area (Å²) in [7, 11) is 0. The standard InChI is InChI=1S/C12H26N2S/c1-11-10-14(12(2)9-13-11)7-5-4-6-8-15-3/h11-13H,4-10H2,1-3H3. The van der Waals surface area contributed by atoms with Crippen molar-refractivity contribution in [2.45, 2.75) is 45.2 Å². The van der Waals surface area contributed by atoms with E-state index in [0.717, 1.165) is 12.6 Å². The van der Waals surface area contributed by atoms with Crippen LogP contribution >= 0.6 is 11.8 Å². The molecule has 1 heterocycles. The van der Waals surface area contributed by atoms with E-state index in [9.17, 15) is 0 Å². The second kappa shape index (κ2) is 7.53. The molecular formula is C12H26N2S. The van der Waals surface area contributed by atoms with Crippen molar-refractivity contribution in [3.8, 4) is 0 Å². The van der Waals surface area contributed by atoms with Gasteiger partial charge < -0.3 is 5.32 Å². The Morgan fingerprint density at radius 3 is 2.80 bits per heavy atom. The van der Waals surface area contributed by atoms with E-state index in [1.54, 1.807) is 0 Å². The number of piperazine rings is 1. The fourth-order valence-corrected chi connectivity index (χ4v) is 2.64. The second-order valence-corrected chi connectivity index (χ2v) is 5.69. The Morgan fingerprint density at radius 1 is 1.27 bits per heavy atom. The zero-order valence-electron chi connectivity index (χ0n) is 10.5. The van der Waals surface area contributed by atoms with Gasteiger partial charge in [0.25, 0.3) is 0 Å². The van der Waals surface area contributed by atoms with Gasteiger partial charge in [-0.3, -0.25) is 4.90 Å². The van der Waals surface area contributed by atoms with Gasteiger partial charge in [-0.15, -0.1) is 0 Å². The average molecular weight is 230 g/mol. The molecule has 1 aliphatic rings. The molecule has 2 atom stereocenters. The molecule has 1 fully saturated rings. The number of nitrogens with one attached hydrogen (secondary N) is 1. The minimum Gasteiger partial charge on any atom is -0.311 e. The lowest BCUT2D eigenvalue weighted by atomic mass is 10.1. The molecule has 2 unspecified atom stereocenters. The molecule has 15 heavy (non-hydrogen) atoms. The van der Waals surface area contributed by atoms with E-state index in [1.165, 1.54) is 38.1 Å². The van der Waals surface area contributed by atoms with Crippen molar-refractivity contribution in [1.29, 1.82) is 0 Å². The molecule has 0 amide bonds. The van der Waals surface area contributed by atoms with Crippen LogP contribution in [0.25, 0.3) is 0 Å². The third-order valence-corrected chi connectivity index (χ3v) is 3.88. The predicted octanol–water partition coefficient (Wildman–Crippen LogP) is 2.20. The molecule has 0 spiro atoms. The maximum absolute atomic E-state index is 3.53. The molecule has 1 saturated heterocycles. The summed E-state index contributed by atoms with van der Waals surface area (Å²) in [5.74, 6) is 1.33. The monoisotopic (exact) mass is 230 g/mol. The fraction of sp³-hybridized carbons (Fsp3) is 1.00. The van der Waals surface area contributed by atoms with E-state index in [1.807, 2.05) is 11.8 Å². The third-order valence-electron chi connectivity index (χ3n) is 3.19. The van der Waals surface area contributed by atoms with Crippen LogP contribution in [0, 0.1) is 0 Å². The fourth-order valence-electron chi connectivity index (χ4n) is 2.15. The Morgan fingerprint density at radius 2 is 2.07 bits per heavy atom. The van der Waals surface area contributed by atoms with E-state index in [2.05, 4.69) is 30.3 Å². The molecule has 0 aromatic heterocycles. The Kier molecular flexibility index (Phi) is 6.69. The number of nitrogens with zero attached hydrogens (tertiary/aromatic N) is 1. The van der Waals surface area contributed by atoms with E-state index in [4.69, 9.17) is 0 Å². The molecule has 90 valence electrons. The number of hydrogen-bond donors (Lipinski definition) is 1. The Balaban J connectivity index is 2.08. The molecule has 1 N–H and O–H groups in total. The Hall–Kier alpha value is 0.270. The van der Waals surface area contributed by atoms with E-state index in [-0.39, 0.29) is 0 Å². The molecule has 3 heteroatoms. The van der Waals surface area contributed by atoms with Gasteiger partial charge in [0.15, 0.2) is 0 Å². The summed E-state index contributed by atoms with van der Waals surface area (Å²) in [6.45, 7) is 8.30. The summed E-state index contributed by atoms with van der Waals surface area (Å²) in [6, 6.07) is 1.40. The second-order valence-electron chi connectivity index (χ2n) is 4.71. The molecule has 1 aliphatic heterocycles. The smallest absolute Gasteiger partial charge is 0.0193 e. The summed E-state index contributed by atoms with van der Waals surface area (Å²) in [5.41, 5.74) is 0. The van der Waals surface area contributed by atoms with Crippen LogP contribution in [0.5, 0.6) is 0 Å². The minimum absolute atomic E-state index is 0.674. The number of thioether (sulfide) groups is 1. The molecule has 0 bridgehead atoms. The lowest BCUT2D eigenvalue weighted by Crippen LogP contribution is -2.54. The topological polar surface area (TPSA) is 15.3 Å². The zero-order chi connectivity index (χ0) is 11.1. The van der Waals surface area contributed by atoms with E-state index >= 15 is 0 Å². The van der Waals surface area contributed by atoms with Crippen LogP contribution in [0.2, 0.25) is 0 Å². The van der Waals surface area contributed by atoms with E-state index < -0.39 is 0 Å². The van der Waals surface area contributed by atoms with Gasteiger partial charge in [-0.05, 0) is 45.2 Å². The minimum atomic E-state index is 0.674. The Bertz CT molecular complexity index is 164.